The molecule has 0 aromatic rings. The summed E-state index contributed by atoms with van der Waals surface area (Å²) in [5.41, 5.74) is 0. The zero-order chi connectivity index (χ0) is 12.1. The number of carboxylic acids is 1. The minimum absolute atomic E-state index is 0. The molecule has 3 nitrogen and oxygen atoms in total. The molecule has 0 radical (unpaired) electrons. The third kappa shape index (κ3) is 21.9. The quantitative estimate of drug-likeness (QED) is 0.429. The fourth-order valence-corrected chi connectivity index (χ4v) is 1.94. The fraction of sp³-hybridized carbons (Fsp3) is 0.929. The van der Waals surface area contributed by atoms with Crippen molar-refractivity contribution in [2.75, 3.05) is 0 Å². The Kier molecular flexibility index (Phi) is 26.4. The van der Waals surface area contributed by atoms with Crippen LogP contribution in [0.5, 0.6) is 0 Å². The van der Waals surface area contributed by atoms with Crippen molar-refractivity contribution in [2.24, 2.45) is 0 Å². The van der Waals surface area contributed by atoms with Crippen LogP contribution < -0.4 is 0 Å². The molecule has 0 atom stereocenters. The van der Waals surface area contributed by atoms with Gasteiger partial charge in [-0.2, -0.15) is 0 Å². The molecule has 18 heavy (non-hydrogen) atoms. The van der Waals surface area contributed by atoms with Gasteiger partial charge in [-0.3, -0.25) is 4.79 Å². The van der Waals surface area contributed by atoms with Crippen LogP contribution in [0.25, 0.3) is 0 Å². The van der Waals surface area contributed by atoms with Gasteiger partial charge in [0.2, 0.25) is 0 Å². The maximum absolute atomic E-state index is 10.3. The molecule has 0 fully saturated rings. The molecule has 0 amide bonds. The summed E-state index contributed by atoms with van der Waals surface area (Å²) < 4.78 is 0. The Hall–Kier alpha value is 0.690. The Bertz CT molecular complexity index is 163. The second kappa shape index (κ2) is 20.0. The first-order valence-corrected chi connectivity index (χ1v) is 6.99. The van der Waals surface area contributed by atoms with E-state index in [-0.39, 0.29) is 43.2 Å². The van der Waals surface area contributed by atoms with Crippen molar-refractivity contribution in [2.45, 2.75) is 84.0 Å². The molecule has 104 valence electrons. The fourth-order valence-electron chi connectivity index (χ4n) is 1.94. The minimum Gasteiger partial charge on any atom is -2.00 e. The third-order valence-electron chi connectivity index (χ3n) is 2.99. The topological polar surface area (TPSA) is 65.8 Å². The van der Waals surface area contributed by atoms with Crippen LogP contribution in [-0.4, -0.2) is 48.8 Å². The standard InChI is InChI=1S/C14H28O2.Ca.O/c1-2-3-4-5-6-7-8-9-10-11-12-13-14(15)16;;/h2-13H2,1H3,(H,15,16);;/q;+2;-2. The summed E-state index contributed by atoms with van der Waals surface area (Å²) in [6.45, 7) is 2.25. The van der Waals surface area contributed by atoms with Crippen LogP contribution in [0.15, 0.2) is 0 Å². The first-order valence-electron chi connectivity index (χ1n) is 6.99. The average Bonchev–Trinajstić information content (AvgIpc) is 2.25. The van der Waals surface area contributed by atoms with Crippen LogP contribution in [-0.2, 0) is 10.3 Å². The molecule has 0 saturated carbocycles. The Morgan fingerprint density at radius 1 is 0.778 bits per heavy atom. The van der Waals surface area contributed by atoms with Crippen molar-refractivity contribution < 1.29 is 15.4 Å². The van der Waals surface area contributed by atoms with E-state index in [2.05, 4.69) is 6.92 Å². The molecule has 0 saturated heterocycles. The van der Waals surface area contributed by atoms with Gasteiger partial charge in [-0.05, 0) is 6.42 Å². The summed E-state index contributed by atoms with van der Waals surface area (Å²) in [6, 6.07) is 0. The van der Waals surface area contributed by atoms with E-state index in [0.717, 1.165) is 12.8 Å². The second-order valence-electron chi connectivity index (χ2n) is 4.68. The molecule has 4 heteroatoms. The van der Waals surface area contributed by atoms with Gasteiger partial charge in [0.25, 0.3) is 0 Å². The molecule has 0 unspecified atom stereocenters. The summed E-state index contributed by atoms with van der Waals surface area (Å²) >= 11 is 0. The SMILES string of the molecule is CCCCCCCCCCCCCC(=O)O.[Ca+2].[O-2]. The van der Waals surface area contributed by atoms with Crippen molar-refractivity contribution >= 4 is 43.7 Å². The molecule has 0 heterocycles. The molecule has 0 rings (SSSR count). The Labute approximate surface area is 142 Å². The van der Waals surface area contributed by atoms with Gasteiger partial charge in [-0.1, -0.05) is 71.1 Å². The molecule has 0 aromatic carbocycles. The molecule has 0 bridgehead atoms. The van der Waals surface area contributed by atoms with Crippen LogP contribution in [0, 0.1) is 0 Å². The van der Waals surface area contributed by atoms with E-state index in [1.54, 1.807) is 0 Å². The minimum atomic E-state index is -0.657. The second-order valence-corrected chi connectivity index (χ2v) is 4.68. The van der Waals surface area contributed by atoms with Gasteiger partial charge in [-0.15, -0.1) is 0 Å². The van der Waals surface area contributed by atoms with E-state index < -0.39 is 5.97 Å². The van der Waals surface area contributed by atoms with E-state index in [4.69, 9.17) is 5.11 Å². The first kappa shape index (κ1) is 23.8. The van der Waals surface area contributed by atoms with Crippen molar-refractivity contribution in [1.82, 2.24) is 0 Å². The molecular formula is C14H28CaO3. The molecule has 0 aliphatic heterocycles. The van der Waals surface area contributed by atoms with Crippen LogP contribution in [0.1, 0.15) is 84.0 Å². The van der Waals surface area contributed by atoms with Crippen LogP contribution in [0.2, 0.25) is 0 Å². The molecular weight excluding hydrogens is 256 g/mol. The van der Waals surface area contributed by atoms with Gasteiger partial charge in [0.05, 0.1) is 0 Å². The number of hydrogen-bond acceptors (Lipinski definition) is 1. The van der Waals surface area contributed by atoms with E-state index >= 15 is 0 Å². The molecule has 0 aliphatic rings. The third-order valence-corrected chi connectivity index (χ3v) is 2.99. The maximum atomic E-state index is 10.3. The normalized spacial score (nSPS) is 9.39. The summed E-state index contributed by atoms with van der Waals surface area (Å²) in [5, 5.41) is 8.46. The Morgan fingerprint density at radius 2 is 1.11 bits per heavy atom. The number of carboxylic acid groups (broad SMARTS) is 1. The summed E-state index contributed by atoms with van der Waals surface area (Å²) in [4.78, 5) is 10.3. The van der Waals surface area contributed by atoms with Crippen molar-refractivity contribution in [3.05, 3.63) is 0 Å². The van der Waals surface area contributed by atoms with Gasteiger partial charge >= 0.3 is 43.7 Å². The van der Waals surface area contributed by atoms with E-state index in [0.29, 0.717) is 6.42 Å². The average molecular weight is 284 g/mol. The van der Waals surface area contributed by atoms with E-state index in [1.807, 2.05) is 0 Å². The largest absolute Gasteiger partial charge is 2.00 e. The van der Waals surface area contributed by atoms with Crippen LogP contribution in [0.3, 0.4) is 0 Å². The van der Waals surface area contributed by atoms with Gasteiger partial charge in [0, 0.05) is 6.42 Å². The van der Waals surface area contributed by atoms with Gasteiger partial charge in [0.15, 0.2) is 0 Å². The zero-order valence-electron chi connectivity index (χ0n) is 12.0. The molecule has 0 aromatic heterocycles. The van der Waals surface area contributed by atoms with E-state index in [9.17, 15) is 4.79 Å². The number of carbonyl (C=O) groups is 1. The van der Waals surface area contributed by atoms with Crippen LogP contribution in [0.4, 0.5) is 0 Å². The van der Waals surface area contributed by atoms with Crippen molar-refractivity contribution in [3.63, 3.8) is 0 Å². The first-order chi connectivity index (χ1) is 7.77. The van der Waals surface area contributed by atoms with Crippen molar-refractivity contribution in [1.29, 1.82) is 0 Å². The predicted octanol–water partition coefficient (Wildman–Crippen LogP) is 4.27. The smallest absolute Gasteiger partial charge is 2.00 e. The van der Waals surface area contributed by atoms with E-state index in [1.165, 1.54) is 57.8 Å². The number of rotatable bonds is 12. The summed E-state index contributed by atoms with van der Waals surface area (Å²) in [7, 11) is 0. The predicted molar refractivity (Wildman–Crippen MR) is 75.2 cm³/mol. The maximum Gasteiger partial charge on any atom is 2.00 e. The molecule has 0 spiro atoms. The van der Waals surface area contributed by atoms with Crippen LogP contribution >= 0.6 is 0 Å². The monoisotopic (exact) mass is 284 g/mol. The number of hydrogen-bond donors (Lipinski definition) is 1. The van der Waals surface area contributed by atoms with Gasteiger partial charge < -0.3 is 10.6 Å². The van der Waals surface area contributed by atoms with Gasteiger partial charge in [-0.25, -0.2) is 0 Å². The molecule has 0 aliphatic carbocycles. The zero-order valence-corrected chi connectivity index (χ0v) is 14.2. The number of aliphatic carboxylic acids is 1. The summed E-state index contributed by atoms with van der Waals surface area (Å²) in [6.07, 6.45) is 14.4. The van der Waals surface area contributed by atoms with Gasteiger partial charge in [0.1, 0.15) is 0 Å². The summed E-state index contributed by atoms with van der Waals surface area (Å²) in [5.74, 6) is -0.657. The Balaban J connectivity index is -0.00000112. The molecule has 1 N–H and O–H groups in total. The number of unbranched alkanes of at least 4 members (excludes halogenated alkanes) is 10. The van der Waals surface area contributed by atoms with Crippen molar-refractivity contribution in [3.8, 4) is 0 Å². The Morgan fingerprint density at radius 3 is 1.44 bits per heavy atom.